The molecule has 2 atom stereocenters. The molecule has 0 bridgehead atoms. The molecule has 0 saturated carbocycles. The molecule has 2 aliphatic heterocycles. The van der Waals surface area contributed by atoms with Crippen LogP contribution in [0.15, 0.2) is 28.8 Å². The summed E-state index contributed by atoms with van der Waals surface area (Å²) in [6.45, 7) is 4.46. The molecule has 0 spiro atoms. The van der Waals surface area contributed by atoms with E-state index < -0.39 is 6.36 Å². The Kier molecular flexibility index (Phi) is 7.20. The summed E-state index contributed by atoms with van der Waals surface area (Å²) in [6, 6.07) is 5.89. The van der Waals surface area contributed by atoms with Gasteiger partial charge in [0.15, 0.2) is 0 Å². The van der Waals surface area contributed by atoms with Crippen LogP contribution < -0.4 is 9.47 Å². The number of piperidine rings is 1. The van der Waals surface area contributed by atoms with Gasteiger partial charge in [-0.2, -0.15) is 16.7 Å². The second kappa shape index (κ2) is 10.1. The van der Waals surface area contributed by atoms with E-state index in [0.29, 0.717) is 45.1 Å². The smallest absolute Gasteiger partial charge is 0.462 e. The highest BCUT2D eigenvalue weighted by molar-refractivity contribution is 7.99. The summed E-state index contributed by atoms with van der Waals surface area (Å²) in [5, 5.41) is 3.84. The van der Waals surface area contributed by atoms with Crippen molar-refractivity contribution in [3.8, 4) is 11.8 Å². The molecule has 2 amide bonds. The van der Waals surface area contributed by atoms with Gasteiger partial charge < -0.3 is 23.8 Å². The highest BCUT2D eigenvalue weighted by Crippen LogP contribution is 2.37. The van der Waals surface area contributed by atoms with E-state index in [1.54, 1.807) is 17.0 Å². The van der Waals surface area contributed by atoms with E-state index in [1.807, 2.05) is 23.6 Å². The van der Waals surface area contributed by atoms with Crippen molar-refractivity contribution in [3.63, 3.8) is 0 Å². The summed E-state index contributed by atoms with van der Waals surface area (Å²) >= 11 is 1.82. The van der Waals surface area contributed by atoms with Crippen LogP contribution in [-0.2, 0) is 0 Å². The lowest BCUT2D eigenvalue weighted by Gasteiger charge is -2.40. The maximum atomic E-state index is 13.2. The summed E-state index contributed by atoms with van der Waals surface area (Å²) in [4.78, 5) is 21.2. The maximum Gasteiger partial charge on any atom is 0.573 e. The van der Waals surface area contributed by atoms with E-state index >= 15 is 0 Å². The van der Waals surface area contributed by atoms with E-state index in [2.05, 4.69) is 14.9 Å². The van der Waals surface area contributed by atoms with Crippen molar-refractivity contribution < 1.29 is 32.0 Å². The third-order valence-electron chi connectivity index (χ3n) is 5.63. The van der Waals surface area contributed by atoms with Gasteiger partial charge in [0.2, 0.25) is 5.89 Å². The van der Waals surface area contributed by atoms with Crippen LogP contribution in [-0.4, -0.2) is 76.6 Å². The number of ether oxygens (including phenoxy) is 2. The van der Waals surface area contributed by atoms with Crippen LogP contribution in [0, 0.1) is 0 Å². The SMILES string of the molecule is CCOc1noc(C2CC(c3ccc(OC(F)(F)F)cc3)CN(C(=O)N3CCSCC3)C2)n1. The zero-order valence-corrected chi connectivity index (χ0v) is 18.9. The Hall–Kier alpha value is -2.63. The summed E-state index contributed by atoms with van der Waals surface area (Å²) in [6.07, 6.45) is -4.14. The predicted molar refractivity (Wildman–Crippen MR) is 115 cm³/mol. The minimum absolute atomic E-state index is 0.0495. The number of halogens is 3. The largest absolute Gasteiger partial charge is 0.573 e. The Morgan fingerprint density at radius 2 is 1.85 bits per heavy atom. The van der Waals surface area contributed by atoms with Crippen LogP contribution >= 0.6 is 11.8 Å². The van der Waals surface area contributed by atoms with Crippen LogP contribution in [0.2, 0.25) is 0 Å². The minimum atomic E-state index is -4.75. The van der Waals surface area contributed by atoms with Crippen molar-refractivity contribution in [3.05, 3.63) is 35.7 Å². The van der Waals surface area contributed by atoms with E-state index in [-0.39, 0.29) is 29.6 Å². The predicted octanol–water partition coefficient (Wildman–Crippen LogP) is 4.11. The first-order chi connectivity index (χ1) is 15.8. The summed E-state index contributed by atoms with van der Waals surface area (Å²) in [5.74, 6) is 1.56. The van der Waals surface area contributed by atoms with E-state index in [0.717, 1.165) is 17.1 Å². The number of carbonyl (C=O) groups excluding carboxylic acids is 1. The molecule has 4 rings (SSSR count). The Morgan fingerprint density at radius 3 is 2.52 bits per heavy atom. The second-order valence-corrected chi connectivity index (χ2v) is 9.11. The molecule has 8 nitrogen and oxygen atoms in total. The number of alkyl halides is 3. The number of carbonyl (C=O) groups is 1. The number of urea groups is 1. The molecule has 33 heavy (non-hydrogen) atoms. The van der Waals surface area contributed by atoms with Gasteiger partial charge in [-0.15, -0.1) is 13.2 Å². The zero-order chi connectivity index (χ0) is 23.4. The first-order valence-electron chi connectivity index (χ1n) is 10.8. The molecule has 3 heterocycles. The molecule has 2 saturated heterocycles. The van der Waals surface area contributed by atoms with E-state index in [1.165, 1.54) is 12.1 Å². The van der Waals surface area contributed by atoms with E-state index in [9.17, 15) is 18.0 Å². The lowest BCUT2D eigenvalue weighted by atomic mass is 9.84. The van der Waals surface area contributed by atoms with Crippen LogP contribution in [0.3, 0.4) is 0 Å². The fourth-order valence-corrected chi connectivity index (χ4v) is 5.05. The van der Waals surface area contributed by atoms with Gasteiger partial charge in [-0.3, -0.25) is 0 Å². The van der Waals surface area contributed by atoms with Crippen LogP contribution in [0.1, 0.15) is 36.6 Å². The lowest BCUT2D eigenvalue weighted by Crippen LogP contribution is -2.51. The Bertz CT molecular complexity index is 934. The molecular formula is C21H25F3N4O4S. The van der Waals surface area contributed by atoms with E-state index in [4.69, 9.17) is 9.26 Å². The van der Waals surface area contributed by atoms with Gasteiger partial charge in [0.25, 0.3) is 0 Å². The number of benzene rings is 1. The number of thioether (sulfide) groups is 1. The Morgan fingerprint density at radius 1 is 1.15 bits per heavy atom. The highest BCUT2D eigenvalue weighted by Gasteiger charge is 2.37. The van der Waals surface area contributed by atoms with Gasteiger partial charge >= 0.3 is 18.4 Å². The zero-order valence-electron chi connectivity index (χ0n) is 18.1. The second-order valence-electron chi connectivity index (χ2n) is 7.88. The number of likely N-dealkylation sites (tertiary alicyclic amines) is 1. The van der Waals surface area contributed by atoms with Crippen molar-refractivity contribution in [1.82, 2.24) is 19.9 Å². The summed E-state index contributed by atoms with van der Waals surface area (Å²) in [7, 11) is 0. The number of rotatable bonds is 5. The fourth-order valence-electron chi connectivity index (χ4n) is 4.15. The monoisotopic (exact) mass is 486 g/mol. The lowest BCUT2D eigenvalue weighted by molar-refractivity contribution is -0.274. The summed E-state index contributed by atoms with van der Waals surface area (Å²) in [5.41, 5.74) is 0.811. The molecule has 2 unspecified atom stereocenters. The standard InChI is InChI=1S/C21H25F3N4O4S/c1-2-30-19-25-18(32-26-19)16-11-15(14-3-5-17(6-4-14)31-21(22,23)24)12-28(13-16)20(29)27-7-9-33-10-8-27/h3-6,15-16H,2,7-13H2,1H3. The average Bonchev–Trinajstić information content (AvgIpc) is 3.27. The molecule has 0 radical (unpaired) electrons. The Labute approximate surface area is 193 Å². The Balaban J connectivity index is 1.55. The van der Waals surface area contributed by atoms with Gasteiger partial charge in [0, 0.05) is 43.6 Å². The molecule has 180 valence electrons. The van der Waals surface area contributed by atoms with Crippen LogP contribution in [0.4, 0.5) is 18.0 Å². The average molecular weight is 487 g/mol. The number of hydrogen-bond acceptors (Lipinski definition) is 7. The third kappa shape index (κ3) is 6.04. The van der Waals surface area contributed by atoms with Crippen LogP contribution in [0.5, 0.6) is 11.8 Å². The van der Waals surface area contributed by atoms with Gasteiger partial charge in [-0.1, -0.05) is 12.1 Å². The van der Waals surface area contributed by atoms with Crippen molar-refractivity contribution in [2.24, 2.45) is 0 Å². The van der Waals surface area contributed by atoms with Crippen molar-refractivity contribution >= 4 is 17.8 Å². The maximum absolute atomic E-state index is 13.2. The quantitative estimate of drug-likeness (QED) is 0.629. The first kappa shape index (κ1) is 23.5. The van der Waals surface area contributed by atoms with Gasteiger partial charge in [0.05, 0.1) is 12.5 Å². The molecule has 0 N–H and O–H groups in total. The molecule has 0 aliphatic carbocycles. The van der Waals surface area contributed by atoms with Crippen molar-refractivity contribution in [2.75, 3.05) is 44.3 Å². The normalized spacial score (nSPS) is 21.7. The molecule has 1 aromatic carbocycles. The van der Waals surface area contributed by atoms with Crippen molar-refractivity contribution in [1.29, 1.82) is 0 Å². The highest BCUT2D eigenvalue weighted by atomic mass is 32.2. The fraction of sp³-hybridized carbons (Fsp3) is 0.571. The molecule has 2 aromatic rings. The summed E-state index contributed by atoms with van der Waals surface area (Å²) < 4.78 is 52.2. The van der Waals surface area contributed by atoms with Gasteiger partial charge in [-0.05, 0) is 36.2 Å². The molecular weight excluding hydrogens is 461 g/mol. The minimum Gasteiger partial charge on any atom is -0.462 e. The molecule has 2 fully saturated rings. The topological polar surface area (TPSA) is 80.9 Å². The molecule has 1 aromatic heterocycles. The number of nitrogens with zero attached hydrogens (tertiary/aromatic N) is 4. The van der Waals surface area contributed by atoms with Gasteiger partial charge in [-0.25, -0.2) is 4.79 Å². The number of hydrogen-bond donors (Lipinski definition) is 0. The number of amides is 2. The third-order valence-corrected chi connectivity index (χ3v) is 6.58. The van der Waals surface area contributed by atoms with Gasteiger partial charge in [0.1, 0.15) is 5.75 Å². The molecule has 12 heteroatoms. The first-order valence-corrected chi connectivity index (χ1v) is 11.9. The van der Waals surface area contributed by atoms with Crippen LogP contribution in [0.25, 0.3) is 0 Å². The van der Waals surface area contributed by atoms with Crippen molar-refractivity contribution in [2.45, 2.75) is 31.5 Å². The number of aromatic nitrogens is 2. The molecule has 2 aliphatic rings.